The van der Waals surface area contributed by atoms with Gasteiger partial charge in [-0.3, -0.25) is 9.78 Å². The minimum absolute atomic E-state index is 0.0110. The predicted octanol–water partition coefficient (Wildman–Crippen LogP) is 4.61. The van der Waals surface area contributed by atoms with Crippen molar-refractivity contribution in [3.8, 4) is 11.5 Å². The number of aromatic nitrogens is 2. The fourth-order valence-electron chi connectivity index (χ4n) is 2.55. The Kier molecular flexibility index (Phi) is 5.35. The fraction of sp³-hybridized carbons (Fsp3) is 0.190. The molecule has 2 heterocycles. The second-order valence-corrected chi connectivity index (χ2v) is 6.26. The summed E-state index contributed by atoms with van der Waals surface area (Å²) >= 11 is 0. The van der Waals surface area contributed by atoms with Crippen molar-refractivity contribution >= 4 is 23.1 Å². The minimum Gasteiger partial charge on any atom is -0.455 e. The number of hydrogen-bond acceptors (Lipinski definition) is 5. The molecule has 27 heavy (non-hydrogen) atoms. The summed E-state index contributed by atoms with van der Waals surface area (Å²) in [7, 11) is 1.75. The molecule has 6 heteroatoms. The first kappa shape index (κ1) is 18.4. The Morgan fingerprint density at radius 2 is 1.81 bits per heavy atom. The number of pyridine rings is 2. The van der Waals surface area contributed by atoms with Crippen LogP contribution >= 0.6 is 0 Å². The lowest BCUT2D eigenvalue weighted by Gasteiger charge is -2.15. The fourth-order valence-corrected chi connectivity index (χ4v) is 2.55. The third-order valence-electron chi connectivity index (χ3n) is 4.14. The van der Waals surface area contributed by atoms with E-state index in [2.05, 4.69) is 15.3 Å². The van der Waals surface area contributed by atoms with Crippen LogP contribution in [0.1, 0.15) is 18.3 Å². The van der Waals surface area contributed by atoms with Gasteiger partial charge < -0.3 is 15.0 Å². The second kappa shape index (κ2) is 7.86. The maximum atomic E-state index is 11.4. The normalized spacial score (nSPS) is 10.4. The van der Waals surface area contributed by atoms with Gasteiger partial charge in [0.15, 0.2) is 0 Å². The van der Waals surface area contributed by atoms with Crippen molar-refractivity contribution in [1.82, 2.24) is 9.97 Å². The standard InChI is InChI=1S/C21H22N4O2/c1-14-5-10-20(15(2)23-14)27-19-11-12-22-21(13-19)24-17-6-8-18(9-7-17)25(4)16(3)26/h5-13H,1-4H3,(H,22,24). The van der Waals surface area contributed by atoms with Gasteiger partial charge in [0.2, 0.25) is 5.91 Å². The summed E-state index contributed by atoms with van der Waals surface area (Å²) in [6.45, 7) is 5.40. The Balaban J connectivity index is 1.73. The topological polar surface area (TPSA) is 67.4 Å². The van der Waals surface area contributed by atoms with Crippen LogP contribution < -0.4 is 15.0 Å². The van der Waals surface area contributed by atoms with E-state index in [4.69, 9.17) is 4.74 Å². The average Bonchev–Trinajstić information content (AvgIpc) is 2.64. The molecule has 0 unspecified atom stereocenters. The number of amides is 1. The van der Waals surface area contributed by atoms with Crippen molar-refractivity contribution in [2.24, 2.45) is 0 Å². The largest absolute Gasteiger partial charge is 0.455 e. The maximum Gasteiger partial charge on any atom is 0.223 e. The van der Waals surface area contributed by atoms with Crippen LogP contribution in [0.15, 0.2) is 54.7 Å². The van der Waals surface area contributed by atoms with Gasteiger partial charge >= 0.3 is 0 Å². The van der Waals surface area contributed by atoms with Gasteiger partial charge in [-0.1, -0.05) is 0 Å². The first-order valence-corrected chi connectivity index (χ1v) is 8.62. The van der Waals surface area contributed by atoms with E-state index in [0.717, 1.165) is 28.5 Å². The summed E-state index contributed by atoms with van der Waals surface area (Å²) < 4.78 is 5.93. The van der Waals surface area contributed by atoms with Crippen molar-refractivity contribution in [1.29, 1.82) is 0 Å². The SMILES string of the molecule is CC(=O)N(C)c1ccc(Nc2cc(Oc3ccc(C)nc3C)ccn2)cc1. The van der Waals surface area contributed by atoms with Crippen molar-refractivity contribution in [2.75, 3.05) is 17.3 Å². The molecule has 0 atom stereocenters. The highest BCUT2D eigenvalue weighted by Gasteiger charge is 2.07. The van der Waals surface area contributed by atoms with Crippen molar-refractivity contribution in [2.45, 2.75) is 20.8 Å². The molecule has 1 amide bonds. The Labute approximate surface area is 158 Å². The summed E-state index contributed by atoms with van der Waals surface area (Å²) in [5.74, 6) is 2.05. The summed E-state index contributed by atoms with van der Waals surface area (Å²) in [6.07, 6.45) is 1.69. The number of carbonyl (C=O) groups is 1. The first-order chi connectivity index (χ1) is 12.9. The van der Waals surface area contributed by atoms with Crippen LogP contribution in [0.25, 0.3) is 0 Å². The van der Waals surface area contributed by atoms with E-state index in [-0.39, 0.29) is 5.91 Å². The Hall–Kier alpha value is -3.41. The quantitative estimate of drug-likeness (QED) is 0.718. The lowest BCUT2D eigenvalue weighted by atomic mass is 10.2. The van der Waals surface area contributed by atoms with Gasteiger partial charge in [0, 0.05) is 43.3 Å². The van der Waals surface area contributed by atoms with Crippen molar-refractivity contribution < 1.29 is 9.53 Å². The van der Waals surface area contributed by atoms with Gasteiger partial charge in [0.1, 0.15) is 17.3 Å². The molecule has 1 N–H and O–H groups in total. The molecule has 1 aromatic carbocycles. The van der Waals surface area contributed by atoms with Crippen LogP contribution in [0.4, 0.5) is 17.2 Å². The molecule has 6 nitrogen and oxygen atoms in total. The van der Waals surface area contributed by atoms with Crippen LogP contribution in [-0.4, -0.2) is 22.9 Å². The molecular weight excluding hydrogens is 340 g/mol. The molecule has 0 radical (unpaired) electrons. The molecule has 0 aliphatic rings. The number of carbonyl (C=O) groups excluding carboxylic acids is 1. The van der Waals surface area contributed by atoms with E-state index < -0.39 is 0 Å². The summed E-state index contributed by atoms with van der Waals surface area (Å²) in [4.78, 5) is 21.8. The minimum atomic E-state index is -0.0110. The first-order valence-electron chi connectivity index (χ1n) is 8.62. The van der Waals surface area contributed by atoms with Crippen molar-refractivity contribution in [3.05, 3.63) is 66.1 Å². The van der Waals surface area contributed by atoms with Gasteiger partial charge in [-0.15, -0.1) is 0 Å². The zero-order valence-electron chi connectivity index (χ0n) is 15.9. The van der Waals surface area contributed by atoms with Crippen LogP contribution in [0, 0.1) is 13.8 Å². The van der Waals surface area contributed by atoms with E-state index in [1.54, 1.807) is 24.2 Å². The number of hydrogen-bond donors (Lipinski definition) is 1. The van der Waals surface area contributed by atoms with E-state index >= 15 is 0 Å². The second-order valence-electron chi connectivity index (χ2n) is 6.26. The Bertz CT molecular complexity index is 955. The number of anilines is 3. The molecule has 0 aliphatic heterocycles. The number of benzene rings is 1. The van der Waals surface area contributed by atoms with E-state index in [1.807, 2.05) is 56.3 Å². The smallest absolute Gasteiger partial charge is 0.223 e. The van der Waals surface area contributed by atoms with Gasteiger partial charge in [-0.05, 0) is 56.3 Å². The molecule has 0 spiro atoms. The third kappa shape index (κ3) is 4.61. The van der Waals surface area contributed by atoms with Crippen LogP contribution in [0.5, 0.6) is 11.5 Å². The lowest BCUT2D eigenvalue weighted by molar-refractivity contribution is -0.116. The molecule has 0 saturated heterocycles. The van der Waals surface area contributed by atoms with Gasteiger partial charge in [0.05, 0.1) is 5.69 Å². The molecule has 138 valence electrons. The summed E-state index contributed by atoms with van der Waals surface area (Å²) in [6, 6.07) is 15.0. The molecule has 2 aromatic heterocycles. The highest BCUT2D eigenvalue weighted by Crippen LogP contribution is 2.27. The third-order valence-corrected chi connectivity index (χ3v) is 4.14. The highest BCUT2D eigenvalue weighted by molar-refractivity contribution is 5.91. The number of rotatable bonds is 5. The molecule has 0 bridgehead atoms. The zero-order chi connectivity index (χ0) is 19.4. The summed E-state index contributed by atoms with van der Waals surface area (Å²) in [5, 5.41) is 3.24. The van der Waals surface area contributed by atoms with Gasteiger partial charge in [-0.25, -0.2) is 4.98 Å². The Morgan fingerprint density at radius 1 is 1.07 bits per heavy atom. The van der Waals surface area contributed by atoms with Crippen LogP contribution in [-0.2, 0) is 4.79 Å². The zero-order valence-corrected chi connectivity index (χ0v) is 15.9. The molecule has 3 rings (SSSR count). The van der Waals surface area contributed by atoms with Crippen LogP contribution in [0.2, 0.25) is 0 Å². The summed E-state index contributed by atoms with van der Waals surface area (Å²) in [5.41, 5.74) is 3.50. The number of aryl methyl sites for hydroxylation is 2. The van der Waals surface area contributed by atoms with Crippen molar-refractivity contribution in [3.63, 3.8) is 0 Å². The predicted molar refractivity (Wildman–Crippen MR) is 107 cm³/mol. The van der Waals surface area contributed by atoms with E-state index in [0.29, 0.717) is 11.6 Å². The number of nitrogens with zero attached hydrogens (tertiary/aromatic N) is 3. The van der Waals surface area contributed by atoms with Gasteiger partial charge in [0.25, 0.3) is 0 Å². The van der Waals surface area contributed by atoms with Gasteiger partial charge in [-0.2, -0.15) is 0 Å². The molecular formula is C21H22N4O2. The number of nitrogens with one attached hydrogen (secondary N) is 1. The van der Waals surface area contributed by atoms with E-state index in [1.165, 1.54) is 6.92 Å². The monoisotopic (exact) mass is 362 g/mol. The molecule has 0 aliphatic carbocycles. The molecule has 0 fully saturated rings. The molecule has 0 saturated carbocycles. The Morgan fingerprint density at radius 3 is 2.48 bits per heavy atom. The maximum absolute atomic E-state index is 11.4. The molecule has 3 aromatic rings. The number of ether oxygens (including phenoxy) is 1. The average molecular weight is 362 g/mol. The van der Waals surface area contributed by atoms with E-state index in [9.17, 15) is 4.79 Å². The highest BCUT2D eigenvalue weighted by atomic mass is 16.5. The van der Waals surface area contributed by atoms with Crippen LogP contribution in [0.3, 0.4) is 0 Å². The lowest BCUT2D eigenvalue weighted by Crippen LogP contribution is -2.22.